The van der Waals surface area contributed by atoms with Crippen LogP contribution in [0.5, 0.6) is 0 Å². The summed E-state index contributed by atoms with van der Waals surface area (Å²) < 4.78 is 1.82. The molecule has 0 radical (unpaired) electrons. The number of carbonyl (C=O) groups is 2. The zero-order valence-electron chi connectivity index (χ0n) is 16.2. The fraction of sp³-hybridized carbons (Fsp3) is 0.429. The molecule has 28 heavy (non-hydrogen) atoms. The van der Waals surface area contributed by atoms with Crippen LogP contribution in [0.3, 0.4) is 0 Å². The number of hydrogen-bond acceptors (Lipinski definition) is 4. The maximum atomic E-state index is 12.3. The number of ketones is 1. The van der Waals surface area contributed by atoms with E-state index in [0.29, 0.717) is 16.9 Å². The molecular weight excluding hydrogens is 420 g/mol. The summed E-state index contributed by atoms with van der Waals surface area (Å²) in [6.45, 7) is 3.07. The van der Waals surface area contributed by atoms with Gasteiger partial charge in [-0.15, -0.1) is 5.10 Å². The van der Waals surface area contributed by atoms with Gasteiger partial charge in [0.05, 0.1) is 11.5 Å². The SMILES string of the molecule is CCCCCCCCn1cc(/C=C/C(=O)c2ccc(NC(=O)CBr)cc2)nn1. The quantitative estimate of drug-likeness (QED) is 0.218. The van der Waals surface area contributed by atoms with Gasteiger partial charge in [0.15, 0.2) is 5.78 Å². The van der Waals surface area contributed by atoms with Gasteiger partial charge in [-0.05, 0) is 42.8 Å². The summed E-state index contributed by atoms with van der Waals surface area (Å²) in [4.78, 5) is 23.6. The number of allylic oxidation sites excluding steroid dienone is 1. The Morgan fingerprint density at radius 2 is 1.82 bits per heavy atom. The number of carbonyl (C=O) groups excluding carboxylic acids is 2. The molecule has 1 N–H and O–H groups in total. The molecule has 150 valence electrons. The highest BCUT2D eigenvalue weighted by molar-refractivity contribution is 9.09. The lowest BCUT2D eigenvalue weighted by Gasteiger charge is -2.03. The Kier molecular flexibility index (Phi) is 9.62. The van der Waals surface area contributed by atoms with E-state index in [0.717, 1.165) is 13.0 Å². The lowest BCUT2D eigenvalue weighted by molar-refractivity contribution is -0.113. The third-order valence-corrected chi connectivity index (χ3v) is 4.79. The lowest BCUT2D eigenvalue weighted by Crippen LogP contribution is -2.12. The molecule has 0 spiro atoms. The normalized spacial score (nSPS) is 11.1. The van der Waals surface area contributed by atoms with Crippen molar-refractivity contribution >= 4 is 39.4 Å². The van der Waals surface area contributed by atoms with E-state index >= 15 is 0 Å². The lowest BCUT2D eigenvalue weighted by atomic mass is 10.1. The standard InChI is InChI=1S/C21H27BrN4O2/c1-2-3-4-5-6-7-14-26-16-19(24-25-26)12-13-20(27)17-8-10-18(11-9-17)23-21(28)15-22/h8-13,16H,2-7,14-15H2,1H3,(H,23,28)/b13-12+. The Hall–Kier alpha value is -2.28. The number of amides is 1. The molecule has 0 aliphatic heterocycles. The first kappa shape index (κ1) is 22.0. The number of anilines is 1. The summed E-state index contributed by atoms with van der Waals surface area (Å²) in [5, 5.41) is 11.1. The molecule has 0 saturated carbocycles. The zero-order chi connectivity index (χ0) is 20.2. The molecule has 1 amide bonds. The van der Waals surface area contributed by atoms with Crippen molar-refractivity contribution in [3.05, 3.63) is 47.8 Å². The maximum Gasteiger partial charge on any atom is 0.235 e. The van der Waals surface area contributed by atoms with Crippen molar-refractivity contribution in [2.75, 3.05) is 10.6 Å². The second kappa shape index (κ2) is 12.2. The van der Waals surface area contributed by atoms with E-state index < -0.39 is 0 Å². The van der Waals surface area contributed by atoms with Crippen molar-refractivity contribution in [3.63, 3.8) is 0 Å². The highest BCUT2D eigenvalue weighted by atomic mass is 79.9. The first-order valence-electron chi connectivity index (χ1n) is 9.70. The number of aromatic nitrogens is 3. The smallest absolute Gasteiger partial charge is 0.235 e. The summed E-state index contributed by atoms with van der Waals surface area (Å²) in [6.07, 6.45) is 12.4. The van der Waals surface area contributed by atoms with E-state index in [1.54, 1.807) is 30.3 Å². The van der Waals surface area contributed by atoms with Crippen LogP contribution in [0.1, 0.15) is 61.5 Å². The number of nitrogens with zero attached hydrogens (tertiary/aromatic N) is 3. The van der Waals surface area contributed by atoms with Crippen LogP contribution >= 0.6 is 15.9 Å². The van der Waals surface area contributed by atoms with Gasteiger partial charge in [0.1, 0.15) is 5.69 Å². The summed E-state index contributed by atoms with van der Waals surface area (Å²) in [5.41, 5.74) is 1.87. The molecule has 0 aliphatic carbocycles. The van der Waals surface area contributed by atoms with Gasteiger partial charge in [0, 0.05) is 17.8 Å². The van der Waals surface area contributed by atoms with Crippen LogP contribution in [0.2, 0.25) is 0 Å². The molecule has 1 heterocycles. The second-order valence-corrected chi connectivity index (χ2v) is 7.19. The summed E-state index contributed by atoms with van der Waals surface area (Å²) in [5.74, 6) is -0.258. The molecule has 0 atom stereocenters. The van der Waals surface area contributed by atoms with Crippen LogP contribution in [0.25, 0.3) is 6.08 Å². The number of benzene rings is 1. The van der Waals surface area contributed by atoms with Crippen molar-refractivity contribution in [2.45, 2.75) is 52.0 Å². The Morgan fingerprint density at radius 3 is 2.54 bits per heavy atom. The maximum absolute atomic E-state index is 12.3. The third-order valence-electron chi connectivity index (χ3n) is 4.28. The van der Waals surface area contributed by atoms with Gasteiger partial charge in [-0.3, -0.25) is 14.3 Å². The minimum atomic E-state index is -0.136. The summed E-state index contributed by atoms with van der Waals surface area (Å²) in [7, 11) is 0. The fourth-order valence-corrected chi connectivity index (χ4v) is 2.86. The average Bonchev–Trinajstić information content (AvgIpc) is 3.17. The Labute approximate surface area is 174 Å². The number of aryl methyl sites for hydroxylation is 1. The van der Waals surface area contributed by atoms with Crippen LogP contribution in [-0.2, 0) is 11.3 Å². The van der Waals surface area contributed by atoms with Gasteiger partial charge in [0.2, 0.25) is 5.91 Å². The van der Waals surface area contributed by atoms with Gasteiger partial charge in [-0.1, -0.05) is 60.2 Å². The zero-order valence-corrected chi connectivity index (χ0v) is 17.8. The number of alkyl halides is 1. The molecule has 1 aromatic carbocycles. The van der Waals surface area contributed by atoms with E-state index in [-0.39, 0.29) is 17.0 Å². The van der Waals surface area contributed by atoms with Crippen LogP contribution in [0.4, 0.5) is 5.69 Å². The van der Waals surface area contributed by atoms with E-state index in [9.17, 15) is 9.59 Å². The molecule has 0 bridgehead atoms. The minimum Gasteiger partial charge on any atom is -0.325 e. The molecular formula is C21H27BrN4O2. The molecule has 7 heteroatoms. The number of nitrogens with one attached hydrogen (secondary N) is 1. The molecule has 2 aromatic rings. The molecule has 0 fully saturated rings. The predicted molar refractivity (Wildman–Crippen MR) is 116 cm³/mol. The van der Waals surface area contributed by atoms with Gasteiger partial charge in [-0.25, -0.2) is 0 Å². The average molecular weight is 447 g/mol. The van der Waals surface area contributed by atoms with Crippen molar-refractivity contribution in [1.29, 1.82) is 0 Å². The van der Waals surface area contributed by atoms with E-state index in [2.05, 4.69) is 38.5 Å². The molecule has 2 rings (SSSR count). The van der Waals surface area contributed by atoms with Crippen molar-refractivity contribution in [3.8, 4) is 0 Å². The number of unbranched alkanes of at least 4 members (excludes halogenated alkanes) is 5. The van der Waals surface area contributed by atoms with Gasteiger partial charge < -0.3 is 5.32 Å². The summed E-state index contributed by atoms with van der Waals surface area (Å²) >= 11 is 3.09. The molecule has 0 aliphatic rings. The third kappa shape index (κ3) is 7.76. The van der Waals surface area contributed by atoms with Crippen LogP contribution in [0, 0.1) is 0 Å². The number of hydrogen-bond donors (Lipinski definition) is 1. The molecule has 1 aromatic heterocycles. The molecule has 0 saturated heterocycles. The van der Waals surface area contributed by atoms with Crippen LogP contribution < -0.4 is 5.32 Å². The van der Waals surface area contributed by atoms with E-state index in [4.69, 9.17) is 0 Å². The molecule has 0 unspecified atom stereocenters. The molecule has 6 nitrogen and oxygen atoms in total. The predicted octanol–water partition coefficient (Wildman–Crippen LogP) is 4.87. The topological polar surface area (TPSA) is 76.9 Å². The Balaban J connectivity index is 1.80. The Bertz CT molecular complexity index is 784. The van der Waals surface area contributed by atoms with Gasteiger partial charge in [-0.2, -0.15) is 0 Å². The van der Waals surface area contributed by atoms with Crippen LogP contribution in [0.15, 0.2) is 36.5 Å². The highest BCUT2D eigenvalue weighted by Crippen LogP contribution is 2.12. The highest BCUT2D eigenvalue weighted by Gasteiger charge is 2.05. The number of halogens is 1. The van der Waals surface area contributed by atoms with Crippen molar-refractivity contribution in [1.82, 2.24) is 15.0 Å². The van der Waals surface area contributed by atoms with Crippen molar-refractivity contribution in [2.24, 2.45) is 0 Å². The van der Waals surface area contributed by atoms with E-state index in [1.807, 2.05) is 10.9 Å². The second-order valence-electron chi connectivity index (χ2n) is 6.63. The minimum absolute atomic E-state index is 0.121. The Morgan fingerprint density at radius 1 is 1.11 bits per heavy atom. The largest absolute Gasteiger partial charge is 0.325 e. The van der Waals surface area contributed by atoms with Crippen molar-refractivity contribution < 1.29 is 9.59 Å². The first-order valence-corrected chi connectivity index (χ1v) is 10.8. The summed E-state index contributed by atoms with van der Waals surface area (Å²) in [6, 6.07) is 6.79. The van der Waals surface area contributed by atoms with Crippen LogP contribution in [-0.4, -0.2) is 32.0 Å². The fourth-order valence-electron chi connectivity index (χ4n) is 2.72. The van der Waals surface area contributed by atoms with E-state index in [1.165, 1.54) is 38.2 Å². The van der Waals surface area contributed by atoms with Gasteiger partial charge >= 0.3 is 0 Å². The monoisotopic (exact) mass is 446 g/mol. The number of rotatable bonds is 12. The van der Waals surface area contributed by atoms with Gasteiger partial charge in [0.25, 0.3) is 0 Å². The first-order chi connectivity index (χ1) is 13.6.